The van der Waals surface area contributed by atoms with Crippen LogP contribution in [0, 0.1) is 0 Å². The number of benzene rings is 1. The van der Waals surface area contributed by atoms with Crippen LogP contribution in [-0.4, -0.2) is 57.2 Å². The zero-order valence-corrected chi connectivity index (χ0v) is 15.6. The number of quaternary nitrogens is 1. The van der Waals surface area contributed by atoms with Gasteiger partial charge in [-0.3, -0.25) is 4.79 Å². The lowest BCUT2D eigenvalue weighted by atomic mass is 10.1. The van der Waals surface area contributed by atoms with Crippen LogP contribution in [0.2, 0.25) is 0 Å². The molecule has 2 aliphatic rings. The van der Waals surface area contributed by atoms with Gasteiger partial charge in [-0.05, 0) is 37.8 Å². The van der Waals surface area contributed by atoms with E-state index in [1.807, 2.05) is 4.90 Å². The Bertz CT molecular complexity index is 552. The minimum Gasteiger partial charge on any atom is -0.497 e. The van der Waals surface area contributed by atoms with Crippen molar-refractivity contribution in [2.24, 2.45) is 0 Å². The zero-order valence-electron chi connectivity index (χ0n) is 15.6. The summed E-state index contributed by atoms with van der Waals surface area (Å²) in [6.07, 6.45) is 8.26. The molecule has 25 heavy (non-hydrogen) atoms. The van der Waals surface area contributed by atoms with Gasteiger partial charge in [-0.2, -0.15) is 0 Å². The predicted octanol–water partition coefficient (Wildman–Crippen LogP) is 1.77. The van der Waals surface area contributed by atoms with Crippen molar-refractivity contribution in [1.82, 2.24) is 4.90 Å². The molecule has 1 N–H and O–H groups in total. The SMILES string of the molecule is COc1cc(OC)cc(C(=O)N2CC[NH+](C3CCCCCC3)CC2)c1. The van der Waals surface area contributed by atoms with Gasteiger partial charge in [0, 0.05) is 11.6 Å². The standard InChI is InChI=1S/C20H30N2O3/c1-24-18-13-16(14-19(15-18)25-2)20(23)22-11-9-21(10-12-22)17-7-5-3-4-6-8-17/h13-15,17H,3-12H2,1-2H3/p+1. The molecule has 1 aliphatic carbocycles. The fourth-order valence-corrected chi connectivity index (χ4v) is 4.21. The molecule has 5 heteroatoms. The summed E-state index contributed by atoms with van der Waals surface area (Å²) in [6, 6.07) is 6.20. The molecule has 1 amide bonds. The molecule has 0 radical (unpaired) electrons. The van der Waals surface area contributed by atoms with Crippen molar-refractivity contribution in [2.75, 3.05) is 40.4 Å². The van der Waals surface area contributed by atoms with Crippen molar-refractivity contribution < 1.29 is 19.2 Å². The number of amides is 1. The molecule has 1 saturated carbocycles. The summed E-state index contributed by atoms with van der Waals surface area (Å²) in [6.45, 7) is 3.81. The van der Waals surface area contributed by atoms with Gasteiger partial charge in [-0.15, -0.1) is 0 Å². The number of hydrogen-bond donors (Lipinski definition) is 1. The summed E-state index contributed by atoms with van der Waals surface area (Å²) in [5.41, 5.74) is 0.647. The Balaban J connectivity index is 1.61. The largest absolute Gasteiger partial charge is 0.497 e. The number of nitrogens with zero attached hydrogens (tertiary/aromatic N) is 1. The maximum atomic E-state index is 12.9. The molecular weight excluding hydrogens is 316 g/mol. The van der Waals surface area contributed by atoms with Crippen LogP contribution in [0.25, 0.3) is 0 Å². The Labute approximate surface area is 150 Å². The van der Waals surface area contributed by atoms with Gasteiger partial charge in [-0.1, -0.05) is 12.8 Å². The molecule has 0 unspecified atom stereocenters. The first-order chi connectivity index (χ1) is 12.2. The van der Waals surface area contributed by atoms with E-state index >= 15 is 0 Å². The molecule has 2 fully saturated rings. The van der Waals surface area contributed by atoms with E-state index in [0.29, 0.717) is 17.1 Å². The third-order valence-corrected chi connectivity index (χ3v) is 5.72. The number of methoxy groups -OCH3 is 2. The quantitative estimate of drug-likeness (QED) is 0.844. The molecule has 138 valence electrons. The first kappa shape index (κ1) is 18.1. The van der Waals surface area contributed by atoms with E-state index in [9.17, 15) is 4.79 Å². The Hall–Kier alpha value is -1.75. The maximum Gasteiger partial charge on any atom is 0.254 e. The van der Waals surface area contributed by atoms with E-state index in [2.05, 4.69) is 0 Å². The number of carbonyl (C=O) groups excluding carboxylic acids is 1. The highest BCUT2D eigenvalue weighted by atomic mass is 16.5. The van der Waals surface area contributed by atoms with Gasteiger partial charge in [0.05, 0.1) is 46.4 Å². The van der Waals surface area contributed by atoms with Crippen LogP contribution in [0.1, 0.15) is 48.9 Å². The van der Waals surface area contributed by atoms with Gasteiger partial charge in [0.25, 0.3) is 5.91 Å². The van der Waals surface area contributed by atoms with Gasteiger partial charge in [0.2, 0.25) is 0 Å². The molecule has 1 aromatic carbocycles. The van der Waals surface area contributed by atoms with Gasteiger partial charge in [0.15, 0.2) is 0 Å². The Morgan fingerprint density at radius 1 is 0.960 bits per heavy atom. The second-order valence-electron chi connectivity index (χ2n) is 7.24. The fourth-order valence-electron chi connectivity index (χ4n) is 4.21. The Kier molecular flexibility index (Phi) is 6.19. The molecule has 1 aromatic rings. The fraction of sp³-hybridized carbons (Fsp3) is 0.650. The van der Waals surface area contributed by atoms with Crippen LogP contribution < -0.4 is 14.4 Å². The van der Waals surface area contributed by atoms with Gasteiger partial charge in [0.1, 0.15) is 11.5 Å². The van der Waals surface area contributed by atoms with Crippen LogP contribution in [0.3, 0.4) is 0 Å². The van der Waals surface area contributed by atoms with Gasteiger partial charge < -0.3 is 19.3 Å². The van der Waals surface area contributed by atoms with E-state index < -0.39 is 0 Å². The number of nitrogens with one attached hydrogen (secondary N) is 1. The summed E-state index contributed by atoms with van der Waals surface area (Å²) >= 11 is 0. The minimum absolute atomic E-state index is 0.0807. The number of rotatable bonds is 4. The molecule has 3 rings (SSSR count). The highest BCUT2D eigenvalue weighted by Crippen LogP contribution is 2.23. The molecule has 1 heterocycles. The Morgan fingerprint density at radius 2 is 1.52 bits per heavy atom. The van der Waals surface area contributed by atoms with Crippen molar-refractivity contribution in [3.63, 3.8) is 0 Å². The number of carbonyl (C=O) groups is 1. The maximum absolute atomic E-state index is 12.9. The van der Waals surface area contributed by atoms with E-state index in [0.717, 1.165) is 32.2 Å². The van der Waals surface area contributed by atoms with E-state index in [1.165, 1.54) is 38.5 Å². The molecule has 0 spiro atoms. The van der Waals surface area contributed by atoms with Crippen molar-refractivity contribution in [3.05, 3.63) is 23.8 Å². The minimum atomic E-state index is 0.0807. The van der Waals surface area contributed by atoms with Gasteiger partial charge >= 0.3 is 0 Å². The van der Waals surface area contributed by atoms with Crippen LogP contribution in [0.5, 0.6) is 11.5 Å². The van der Waals surface area contributed by atoms with Crippen LogP contribution in [0.4, 0.5) is 0 Å². The summed E-state index contributed by atoms with van der Waals surface area (Å²) < 4.78 is 10.6. The van der Waals surface area contributed by atoms with E-state index in [4.69, 9.17) is 9.47 Å². The lowest BCUT2D eigenvalue weighted by Crippen LogP contribution is -3.18. The summed E-state index contributed by atoms with van der Waals surface area (Å²) in [4.78, 5) is 16.6. The molecule has 5 nitrogen and oxygen atoms in total. The van der Waals surface area contributed by atoms with E-state index in [1.54, 1.807) is 37.3 Å². The smallest absolute Gasteiger partial charge is 0.254 e. The van der Waals surface area contributed by atoms with Crippen molar-refractivity contribution >= 4 is 5.91 Å². The second kappa shape index (κ2) is 8.56. The zero-order chi connectivity index (χ0) is 17.6. The number of piperazine rings is 1. The predicted molar refractivity (Wildman–Crippen MR) is 97.6 cm³/mol. The molecular formula is C20H31N2O3+. The van der Waals surface area contributed by atoms with E-state index in [-0.39, 0.29) is 5.91 Å². The summed E-state index contributed by atoms with van der Waals surface area (Å²) in [7, 11) is 3.22. The monoisotopic (exact) mass is 347 g/mol. The highest BCUT2D eigenvalue weighted by Gasteiger charge is 2.30. The van der Waals surface area contributed by atoms with Crippen molar-refractivity contribution in [3.8, 4) is 11.5 Å². The van der Waals surface area contributed by atoms with Crippen LogP contribution in [-0.2, 0) is 0 Å². The normalized spacial score (nSPS) is 20.2. The first-order valence-electron chi connectivity index (χ1n) is 9.58. The molecule has 0 bridgehead atoms. The van der Waals surface area contributed by atoms with Crippen molar-refractivity contribution in [1.29, 1.82) is 0 Å². The molecule has 1 aliphatic heterocycles. The number of ether oxygens (including phenoxy) is 2. The molecule has 1 saturated heterocycles. The highest BCUT2D eigenvalue weighted by molar-refractivity contribution is 5.95. The van der Waals surface area contributed by atoms with Crippen molar-refractivity contribution in [2.45, 2.75) is 44.6 Å². The third kappa shape index (κ3) is 4.46. The average Bonchev–Trinajstić information content (AvgIpc) is 2.96. The first-order valence-corrected chi connectivity index (χ1v) is 9.58. The Morgan fingerprint density at radius 3 is 2.04 bits per heavy atom. The van der Waals surface area contributed by atoms with Crippen LogP contribution >= 0.6 is 0 Å². The third-order valence-electron chi connectivity index (χ3n) is 5.72. The summed E-state index contributed by atoms with van der Waals surface area (Å²) in [5, 5.41) is 0. The van der Waals surface area contributed by atoms with Crippen LogP contribution in [0.15, 0.2) is 18.2 Å². The lowest BCUT2D eigenvalue weighted by Gasteiger charge is -2.36. The second-order valence-corrected chi connectivity index (χ2v) is 7.24. The molecule has 0 aromatic heterocycles. The molecule has 0 atom stereocenters. The lowest BCUT2D eigenvalue weighted by molar-refractivity contribution is -0.929. The summed E-state index contributed by atoms with van der Waals surface area (Å²) in [5.74, 6) is 1.40. The van der Waals surface area contributed by atoms with Gasteiger partial charge in [-0.25, -0.2) is 0 Å². The topological polar surface area (TPSA) is 43.2 Å². The number of hydrogen-bond acceptors (Lipinski definition) is 3. The average molecular weight is 347 g/mol.